The molecule has 0 bridgehead atoms. The molecule has 5 amide bonds. The zero-order valence-corrected chi connectivity index (χ0v) is 55.1. The molecule has 1 aromatic carbocycles. The van der Waals surface area contributed by atoms with Crippen molar-refractivity contribution in [1.29, 1.82) is 5.41 Å². The van der Waals surface area contributed by atoms with E-state index in [1.165, 1.54) is 68.4 Å². The van der Waals surface area contributed by atoms with Crippen molar-refractivity contribution in [2.24, 2.45) is 35.1 Å². The van der Waals surface area contributed by atoms with Gasteiger partial charge in [-0.05, 0) is 75.0 Å². The second kappa shape index (κ2) is 51.9. The smallest absolute Gasteiger partial charge is 0.326 e. The third kappa shape index (κ3) is 44.4. The van der Waals surface area contributed by atoms with Gasteiger partial charge in [-0.2, -0.15) is 0 Å². The number of likely N-dealkylation sites (N-methyl/N-ethyl adjacent to an activating group) is 1. The van der Waals surface area contributed by atoms with E-state index < -0.39 is 53.6 Å². The molecule has 1 aromatic rings. The van der Waals surface area contributed by atoms with Crippen LogP contribution in [0.1, 0.15) is 187 Å². The molecule has 0 aromatic heterocycles. The number of ketones is 2. The number of carboxylic acids is 2. The molecule has 0 radical (unpaired) electrons. The number of nitrogens with zero attached hydrogens (tertiary/aromatic N) is 1. The molecule has 25 nitrogen and oxygen atoms in total. The molecule has 0 fully saturated rings. The second-order valence-corrected chi connectivity index (χ2v) is 24.0. The molecule has 1 rings (SSSR count). The van der Waals surface area contributed by atoms with Crippen molar-refractivity contribution >= 4 is 59.0 Å². The Hall–Kier alpha value is -6.70. The number of carboxylic acid groups (broad SMARTS) is 2. The van der Waals surface area contributed by atoms with Crippen LogP contribution in [0.15, 0.2) is 36.5 Å². The van der Waals surface area contributed by atoms with Gasteiger partial charge in [-0.1, -0.05) is 123 Å². The number of phenolic OH excluding ortho intramolecular Hbond substituents is 1. The molecule has 0 saturated carbocycles. The number of guanidine groups is 1. The number of Topliss-reactive ketones (excluding diaryl/α,β-unsaturated/α-hetero) is 2. The zero-order valence-electron chi connectivity index (χ0n) is 55.1. The number of carbonyl (C=O) groups is 9. The third-order valence-electron chi connectivity index (χ3n) is 15.5. The normalized spacial score (nSPS) is 12.8. The average Bonchev–Trinajstić information content (AvgIpc) is 1.68. The molecular formula is C66H113N9O16. The highest BCUT2D eigenvalue weighted by molar-refractivity contribution is 5.94. The number of allylic oxidation sites excluding steroid dienone is 1. The molecule has 0 saturated heterocycles. The van der Waals surface area contributed by atoms with E-state index >= 15 is 0 Å². The first-order valence-corrected chi connectivity index (χ1v) is 33.0. The molecule has 5 atom stereocenters. The van der Waals surface area contributed by atoms with Crippen molar-refractivity contribution in [3.63, 3.8) is 0 Å². The zero-order chi connectivity index (χ0) is 67.6. The molecule has 25 heteroatoms. The minimum Gasteiger partial charge on any atom is -0.508 e. The first kappa shape index (κ1) is 82.3. The molecule has 0 aliphatic carbocycles. The Labute approximate surface area is 540 Å². The van der Waals surface area contributed by atoms with Gasteiger partial charge in [0.15, 0.2) is 5.96 Å². The summed E-state index contributed by atoms with van der Waals surface area (Å²) in [5, 5.41) is 49.4. The molecule has 91 heavy (non-hydrogen) atoms. The third-order valence-corrected chi connectivity index (χ3v) is 15.5. The van der Waals surface area contributed by atoms with Crippen molar-refractivity contribution in [1.82, 2.24) is 31.5 Å². The largest absolute Gasteiger partial charge is 0.508 e. The number of amides is 5. The fourth-order valence-electron chi connectivity index (χ4n) is 10.2. The average molecular weight is 1290 g/mol. The monoisotopic (exact) mass is 1290 g/mol. The first-order chi connectivity index (χ1) is 43.5. The number of nitrogens with one attached hydrogen (secondary N) is 6. The number of nitrogens with two attached hydrogens (primary N) is 2. The molecule has 0 aliphatic heterocycles. The van der Waals surface area contributed by atoms with Gasteiger partial charge in [0.05, 0.1) is 39.6 Å². The van der Waals surface area contributed by atoms with E-state index in [0.717, 1.165) is 38.5 Å². The number of primary amides is 1. The maximum absolute atomic E-state index is 14.3. The number of hydrogen-bond acceptors (Lipinski definition) is 16. The van der Waals surface area contributed by atoms with Gasteiger partial charge >= 0.3 is 11.9 Å². The summed E-state index contributed by atoms with van der Waals surface area (Å²) in [6, 6.07) is 4.10. The van der Waals surface area contributed by atoms with Crippen LogP contribution in [0.2, 0.25) is 0 Å². The summed E-state index contributed by atoms with van der Waals surface area (Å²) in [7, 11) is 1.64. The van der Waals surface area contributed by atoms with Crippen LogP contribution in [0.4, 0.5) is 0 Å². The molecule has 518 valence electrons. The molecule has 0 heterocycles. The van der Waals surface area contributed by atoms with Crippen LogP contribution in [-0.4, -0.2) is 177 Å². The Balaban J connectivity index is 2.29. The first-order valence-electron chi connectivity index (χ1n) is 33.0. The van der Waals surface area contributed by atoms with Crippen LogP contribution in [0.3, 0.4) is 0 Å². The van der Waals surface area contributed by atoms with E-state index in [-0.39, 0.29) is 164 Å². The van der Waals surface area contributed by atoms with Gasteiger partial charge in [0.2, 0.25) is 29.5 Å². The summed E-state index contributed by atoms with van der Waals surface area (Å²) >= 11 is 0. The minimum atomic E-state index is -1.11. The van der Waals surface area contributed by atoms with E-state index in [0.29, 0.717) is 49.9 Å². The van der Waals surface area contributed by atoms with Crippen LogP contribution < -0.4 is 38.1 Å². The molecule has 1 unspecified atom stereocenters. The second-order valence-electron chi connectivity index (χ2n) is 24.0. The van der Waals surface area contributed by atoms with Crippen molar-refractivity contribution in [2.75, 3.05) is 86.1 Å². The number of rotatable bonds is 60. The number of carbonyl (C=O) groups excluding carboxylic acids is 7. The standard InChI is InChI=1S/C66H113N9O16/c1-48(2)43-54(77)45-52(62(83)50(4)55(25-22-33-72-66(68)69)64(85)74-57(63(67)84)44-51-27-29-53(76)30-28-51)24-20-21-36-75(5)60(80)47-91-42-40-89-38-35-71-59(79)46-90-41-39-88-37-34-70-58(78)32-31-56(65(86)87)73-49(3)23-18-16-14-12-10-8-6-7-9-11-13-15-17-19-26-61(81)82/h27-30,48,50,52,55-57,73,76H,3,6-26,31-47H2,1-2,4-5H3,(H2,67,84)(H,70,78)(H,71,79)(H,74,85)(H,81,82)(H,86,87)(H4,68,69,72)/t50?,52-,55-,56+,57+/m1/s1. The number of unbranched alkanes of at least 4 members (excludes halogenated alkanes) is 14. The predicted molar refractivity (Wildman–Crippen MR) is 348 cm³/mol. The highest BCUT2D eigenvalue weighted by Crippen LogP contribution is 2.28. The molecule has 13 N–H and O–H groups in total. The van der Waals surface area contributed by atoms with Gasteiger partial charge in [0, 0.05) is 88.8 Å². The highest BCUT2D eigenvalue weighted by atomic mass is 16.5. The summed E-state index contributed by atoms with van der Waals surface area (Å²) in [5.41, 5.74) is 12.5. The Morgan fingerprint density at radius 1 is 0.582 bits per heavy atom. The van der Waals surface area contributed by atoms with Crippen LogP contribution in [-0.2, 0) is 68.5 Å². The maximum Gasteiger partial charge on any atom is 0.326 e. The molecule has 0 spiro atoms. The molecule has 0 aliphatic rings. The van der Waals surface area contributed by atoms with E-state index in [1.54, 1.807) is 26.1 Å². The topological polar surface area (TPSA) is 391 Å². The Morgan fingerprint density at radius 2 is 1.12 bits per heavy atom. The van der Waals surface area contributed by atoms with Gasteiger partial charge < -0.3 is 77.2 Å². The number of aromatic hydroxyl groups is 1. The number of hydrogen-bond donors (Lipinski definition) is 11. The fraction of sp³-hybridized carbons (Fsp3) is 0.727. The van der Waals surface area contributed by atoms with Gasteiger partial charge in [-0.15, -0.1) is 0 Å². The SMILES string of the molecule is C=C(CCCCCCCCCCCCCCCCC(=O)O)N[C@@H](CCC(=O)NCCOCCOCC(=O)NCCOCCOCC(=O)N(C)CCCC[C@H](CC(=O)CC(C)C)C(=O)C(C)[C@@H](CCCNC(=N)N)C(=O)N[C@@H](Cc1ccc(O)cc1)C(N)=O)C(=O)O. The van der Waals surface area contributed by atoms with Crippen LogP contribution in [0.5, 0.6) is 5.75 Å². The van der Waals surface area contributed by atoms with Crippen LogP contribution in [0, 0.1) is 29.1 Å². The fourth-order valence-corrected chi connectivity index (χ4v) is 10.2. The van der Waals surface area contributed by atoms with Gasteiger partial charge in [-0.25, -0.2) is 4.79 Å². The Kier molecular flexibility index (Phi) is 46.9. The summed E-state index contributed by atoms with van der Waals surface area (Å²) in [4.78, 5) is 115. The van der Waals surface area contributed by atoms with E-state index in [1.807, 2.05) is 13.8 Å². The number of benzene rings is 1. The highest BCUT2D eigenvalue weighted by Gasteiger charge is 2.36. The number of ether oxygens (including phenoxy) is 4. The van der Waals surface area contributed by atoms with Crippen molar-refractivity contribution < 1.29 is 77.4 Å². The van der Waals surface area contributed by atoms with E-state index in [2.05, 4.69) is 33.2 Å². The summed E-state index contributed by atoms with van der Waals surface area (Å²) < 4.78 is 21.9. The van der Waals surface area contributed by atoms with Gasteiger partial charge in [0.1, 0.15) is 42.6 Å². The van der Waals surface area contributed by atoms with Crippen LogP contribution in [0.25, 0.3) is 0 Å². The minimum absolute atomic E-state index is 0.00529. The summed E-state index contributed by atoms with van der Waals surface area (Å²) in [6.07, 6.45) is 19.1. The lowest BCUT2D eigenvalue weighted by molar-refractivity contribution is -0.140. The number of aliphatic carboxylic acids is 2. The van der Waals surface area contributed by atoms with Crippen LogP contribution >= 0.6 is 0 Å². The van der Waals surface area contributed by atoms with Gasteiger partial charge in [0.25, 0.3) is 0 Å². The summed E-state index contributed by atoms with van der Waals surface area (Å²) in [6.45, 7) is 11.2. The van der Waals surface area contributed by atoms with Gasteiger partial charge in [-0.3, -0.25) is 43.8 Å². The van der Waals surface area contributed by atoms with E-state index in [9.17, 15) is 53.4 Å². The lowest BCUT2D eigenvalue weighted by Crippen LogP contribution is -2.49. The van der Waals surface area contributed by atoms with E-state index in [4.69, 9.17) is 40.9 Å². The van der Waals surface area contributed by atoms with Crippen molar-refractivity contribution in [3.8, 4) is 5.75 Å². The number of phenols is 1. The summed E-state index contributed by atoms with van der Waals surface area (Å²) in [5.74, 6) is -6.96. The molecular weight excluding hydrogens is 1170 g/mol. The Bertz CT molecular complexity index is 2290. The Morgan fingerprint density at radius 3 is 1.66 bits per heavy atom. The predicted octanol–water partition coefficient (Wildman–Crippen LogP) is 6.20. The lowest BCUT2D eigenvalue weighted by Gasteiger charge is -2.28. The quantitative estimate of drug-likeness (QED) is 0.0196. The lowest BCUT2D eigenvalue weighted by atomic mass is 9.78. The maximum atomic E-state index is 14.3. The van der Waals surface area contributed by atoms with Crippen molar-refractivity contribution in [2.45, 2.75) is 200 Å². The van der Waals surface area contributed by atoms with Crippen molar-refractivity contribution in [3.05, 3.63) is 42.1 Å².